The number of nitrogens with zero attached hydrogens (tertiary/aromatic N) is 2. The standard InChI is InChI=1S/C17H31N3O2/c1-12-9-19(10-13(2)22-12)11-16-4-3-7-20(16)17(21)14-5-6-15(18)8-14/h12-16H,3-11,18H2,1-2H3/t12-,13+,14-,15-,16+/m1/s1. The van der Waals surface area contributed by atoms with Crippen LogP contribution in [0.15, 0.2) is 0 Å². The molecular formula is C17H31N3O2. The lowest BCUT2D eigenvalue weighted by molar-refractivity contribution is -0.137. The van der Waals surface area contributed by atoms with Gasteiger partial charge in [-0.25, -0.2) is 0 Å². The normalized spacial score (nSPS) is 40.3. The van der Waals surface area contributed by atoms with Crippen molar-refractivity contribution in [2.45, 2.75) is 70.2 Å². The molecule has 1 aliphatic carbocycles. The zero-order valence-corrected chi connectivity index (χ0v) is 14.0. The van der Waals surface area contributed by atoms with Crippen LogP contribution in [0.2, 0.25) is 0 Å². The molecule has 126 valence electrons. The molecular weight excluding hydrogens is 278 g/mol. The lowest BCUT2D eigenvalue weighted by atomic mass is 10.1. The van der Waals surface area contributed by atoms with Crippen molar-refractivity contribution < 1.29 is 9.53 Å². The van der Waals surface area contributed by atoms with Crippen LogP contribution in [0.1, 0.15) is 46.0 Å². The van der Waals surface area contributed by atoms with Gasteiger partial charge in [0.2, 0.25) is 5.91 Å². The Morgan fingerprint density at radius 3 is 2.55 bits per heavy atom. The minimum Gasteiger partial charge on any atom is -0.373 e. The quantitative estimate of drug-likeness (QED) is 0.851. The number of ether oxygens (including phenoxy) is 1. The molecule has 1 saturated carbocycles. The van der Waals surface area contributed by atoms with Gasteiger partial charge in [0.05, 0.1) is 12.2 Å². The van der Waals surface area contributed by atoms with Crippen molar-refractivity contribution >= 4 is 5.91 Å². The number of morpholine rings is 1. The summed E-state index contributed by atoms with van der Waals surface area (Å²) in [5, 5.41) is 0. The Balaban J connectivity index is 1.57. The molecule has 0 bridgehead atoms. The summed E-state index contributed by atoms with van der Waals surface area (Å²) in [4.78, 5) is 17.4. The summed E-state index contributed by atoms with van der Waals surface area (Å²) in [6, 6.07) is 0.623. The number of amides is 1. The second kappa shape index (κ2) is 6.85. The molecule has 2 saturated heterocycles. The molecule has 1 amide bonds. The zero-order chi connectivity index (χ0) is 15.7. The lowest BCUT2D eigenvalue weighted by Gasteiger charge is -2.38. The van der Waals surface area contributed by atoms with E-state index in [0.29, 0.717) is 24.2 Å². The Hall–Kier alpha value is -0.650. The number of hydrogen-bond acceptors (Lipinski definition) is 4. The summed E-state index contributed by atoms with van der Waals surface area (Å²) in [7, 11) is 0. The Bertz CT molecular complexity index is 393. The summed E-state index contributed by atoms with van der Waals surface area (Å²) in [5.41, 5.74) is 5.98. The van der Waals surface area contributed by atoms with Crippen LogP contribution in [0.25, 0.3) is 0 Å². The van der Waals surface area contributed by atoms with Crippen LogP contribution in [0.3, 0.4) is 0 Å². The van der Waals surface area contributed by atoms with E-state index in [9.17, 15) is 4.79 Å². The maximum absolute atomic E-state index is 12.8. The summed E-state index contributed by atoms with van der Waals surface area (Å²) in [6.45, 7) is 8.18. The highest BCUT2D eigenvalue weighted by molar-refractivity contribution is 5.79. The molecule has 0 unspecified atom stereocenters. The molecule has 3 fully saturated rings. The van der Waals surface area contributed by atoms with Gasteiger partial charge in [0.25, 0.3) is 0 Å². The van der Waals surface area contributed by atoms with Gasteiger partial charge >= 0.3 is 0 Å². The number of nitrogens with two attached hydrogens (primary N) is 1. The smallest absolute Gasteiger partial charge is 0.226 e. The number of rotatable bonds is 3. The molecule has 2 aliphatic heterocycles. The van der Waals surface area contributed by atoms with Gasteiger partial charge in [0, 0.05) is 44.2 Å². The number of carbonyl (C=O) groups excluding carboxylic acids is 1. The number of hydrogen-bond donors (Lipinski definition) is 1. The molecule has 5 nitrogen and oxygen atoms in total. The van der Waals surface area contributed by atoms with Crippen molar-refractivity contribution in [3.63, 3.8) is 0 Å². The Morgan fingerprint density at radius 2 is 1.91 bits per heavy atom. The highest BCUT2D eigenvalue weighted by Crippen LogP contribution is 2.29. The molecule has 0 aromatic rings. The third-order valence-corrected chi connectivity index (χ3v) is 5.45. The topological polar surface area (TPSA) is 58.8 Å². The van der Waals surface area contributed by atoms with Crippen LogP contribution in [0.5, 0.6) is 0 Å². The van der Waals surface area contributed by atoms with E-state index in [1.165, 1.54) is 0 Å². The SMILES string of the molecule is C[C@@H]1CN(C[C@@H]2CCCN2C(=O)[C@@H]2CC[C@@H](N)C2)C[C@H](C)O1. The molecule has 3 rings (SSSR count). The van der Waals surface area contributed by atoms with Crippen LogP contribution in [-0.2, 0) is 9.53 Å². The molecule has 0 aromatic carbocycles. The second-order valence-corrected chi connectivity index (χ2v) is 7.57. The predicted octanol–water partition coefficient (Wildman–Crippen LogP) is 1.21. The maximum Gasteiger partial charge on any atom is 0.226 e. The first-order valence-corrected chi connectivity index (χ1v) is 8.96. The van der Waals surface area contributed by atoms with E-state index in [-0.39, 0.29) is 12.0 Å². The molecule has 5 atom stereocenters. The Labute approximate surface area is 134 Å². The first-order chi connectivity index (χ1) is 10.5. The first kappa shape index (κ1) is 16.2. The molecule has 3 aliphatic rings. The van der Waals surface area contributed by atoms with Gasteiger partial charge in [0.15, 0.2) is 0 Å². The second-order valence-electron chi connectivity index (χ2n) is 7.57. The van der Waals surface area contributed by atoms with Crippen LogP contribution < -0.4 is 5.73 Å². The van der Waals surface area contributed by atoms with Crippen LogP contribution in [0, 0.1) is 5.92 Å². The van der Waals surface area contributed by atoms with E-state index in [1.54, 1.807) is 0 Å². The van der Waals surface area contributed by atoms with Gasteiger partial charge in [-0.3, -0.25) is 9.69 Å². The third-order valence-electron chi connectivity index (χ3n) is 5.45. The van der Waals surface area contributed by atoms with Crippen molar-refractivity contribution in [2.75, 3.05) is 26.2 Å². The lowest BCUT2D eigenvalue weighted by Crippen LogP contribution is -2.51. The van der Waals surface area contributed by atoms with Crippen molar-refractivity contribution in [2.24, 2.45) is 11.7 Å². The predicted molar refractivity (Wildman–Crippen MR) is 86.5 cm³/mol. The minimum absolute atomic E-state index is 0.179. The van der Waals surface area contributed by atoms with Crippen LogP contribution in [0.4, 0.5) is 0 Å². The van der Waals surface area contributed by atoms with E-state index in [1.807, 2.05) is 0 Å². The van der Waals surface area contributed by atoms with Crippen LogP contribution >= 0.6 is 0 Å². The molecule has 22 heavy (non-hydrogen) atoms. The van der Waals surface area contributed by atoms with Crippen LogP contribution in [-0.4, -0.2) is 66.2 Å². The molecule has 0 radical (unpaired) electrons. The average molecular weight is 309 g/mol. The highest BCUT2D eigenvalue weighted by atomic mass is 16.5. The monoisotopic (exact) mass is 309 g/mol. The summed E-state index contributed by atoms with van der Waals surface area (Å²) in [6.07, 6.45) is 5.75. The average Bonchev–Trinajstić information content (AvgIpc) is 3.06. The number of carbonyl (C=O) groups is 1. The Morgan fingerprint density at radius 1 is 1.18 bits per heavy atom. The third kappa shape index (κ3) is 3.63. The van der Waals surface area contributed by atoms with Gasteiger partial charge in [-0.15, -0.1) is 0 Å². The maximum atomic E-state index is 12.8. The number of likely N-dealkylation sites (tertiary alicyclic amines) is 1. The molecule has 2 N–H and O–H groups in total. The van der Waals surface area contributed by atoms with Gasteiger partial charge in [-0.2, -0.15) is 0 Å². The molecule has 2 heterocycles. The first-order valence-electron chi connectivity index (χ1n) is 8.96. The fraction of sp³-hybridized carbons (Fsp3) is 0.941. The fourth-order valence-electron chi connectivity index (χ4n) is 4.52. The van der Waals surface area contributed by atoms with E-state index in [2.05, 4.69) is 23.6 Å². The van der Waals surface area contributed by atoms with Gasteiger partial charge < -0.3 is 15.4 Å². The minimum atomic E-state index is 0.179. The van der Waals surface area contributed by atoms with E-state index >= 15 is 0 Å². The van der Waals surface area contributed by atoms with Crippen molar-refractivity contribution in [3.05, 3.63) is 0 Å². The summed E-state index contributed by atoms with van der Waals surface area (Å²) < 4.78 is 5.81. The van der Waals surface area contributed by atoms with E-state index in [4.69, 9.17) is 10.5 Å². The van der Waals surface area contributed by atoms with E-state index in [0.717, 1.165) is 58.3 Å². The van der Waals surface area contributed by atoms with Gasteiger partial charge in [-0.1, -0.05) is 0 Å². The van der Waals surface area contributed by atoms with Crippen molar-refractivity contribution in [1.29, 1.82) is 0 Å². The summed E-state index contributed by atoms with van der Waals surface area (Å²) >= 11 is 0. The zero-order valence-electron chi connectivity index (χ0n) is 14.0. The van der Waals surface area contributed by atoms with Crippen molar-refractivity contribution in [1.82, 2.24) is 9.80 Å². The van der Waals surface area contributed by atoms with E-state index < -0.39 is 0 Å². The highest BCUT2D eigenvalue weighted by Gasteiger charge is 2.37. The molecule has 0 aromatic heterocycles. The molecule has 5 heteroatoms. The summed E-state index contributed by atoms with van der Waals surface area (Å²) in [5.74, 6) is 0.544. The van der Waals surface area contributed by atoms with Gasteiger partial charge in [0.1, 0.15) is 0 Å². The Kier molecular flexibility index (Phi) is 5.05. The van der Waals surface area contributed by atoms with Gasteiger partial charge in [-0.05, 0) is 46.0 Å². The fourth-order valence-corrected chi connectivity index (χ4v) is 4.52. The largest absolute Gasteiger partial charge is 0.373 e. The molecule has 0 spiro atoms. The van der Waals surface area contributed by atoms with Crippen molar-refractivity contribution in [3.8, 4) is 0 Å².